The maximum atomic E-state index is 12.2. The summed E-state index contributed by atoms with van der Waals surface area (Å²) in [5, 5.41) is 12.2. The van der Waals surface area contributed by atoms with Crippen molar-refractivity contribution >= 4 is 5.91 Å². The summed E-state index contributed by atoms with van der Waals surface area (Å²) in [5.41, 5.74) is 7.08. The van der Waals surface area contributed by atoms with Crippen LogP contribution in [0.1, 0.15) is 38.8 Å². The summed E-state index contributed by atoms with van der Waals surface area (Å²) in [5.74, 6) is -0.0229. The summed E-state index contributed by atoms with van der Waals surface area (Å²) in [4.78, 5) is 12.2. The lowest BCUT2D eigenvalue weighted by molar-refractivity contribution is -0.126. The minimum Gasteiger partial charge on any atom is -0.394 e. The van der Waals surface area contributed by atoms with Gasteiger partial charge in [-0.05, 0) is 17.9 Å². The first-order valence-corrected chi connectivity index (χ1v) is 7.17. The van der Waals surface area contributed by atoms with Gasteiger partial charge in [0.2, 0.25) is 5.91 Å². The molecule has 1 aromatic carbocycles. The first kappa shape index (κ1) is 16.7. The molecule has 0 heterocycles. The van der Waals surface area contributed by atoms with E-state index in [0.717, 1.165) is 12.0 Å². The van der Waals surface area contributed by atoms with E-state index in [-0.39, 0.29) is 30.5 Å². The van der Waals surface area contributed by atoms with E-state index in [0.29, 0.717) is 5.92 Å². The Kier molecular flexibility index (Phi) is 6.68. The predicted octanol–water partition coefficient (Wildman–Crippen LogP) is 1.85. The Balaban J connectivity index is 2.62. The maximum Gasteiger partial charge on any atom is 0.225 e. The largest absolute Gasteiger partial charge is 0.394 e. The van der Waals surface area contributed by atoms with E-state index in [1.807, 2.05) is 37.3 Å². The van der Waals surface area contributed by atoms with Crippen LogP contribution < -0.4 is 11.1 Å². The van der Waals surface area contributed by atoms with Gasteiger partial charge in [0, 0.05) is 6.04 Å². The quantitative estimate of drug-likeness (QED) is 0.712. The van der Waals surface area contributed by atoms with Crippen LogP contribution >= 0.6 is 0 Å². The fourth-order valence-corrected chi connectivity index (χ4v) is 2.21. The zero-order valence-electron chi connectivity index (χ0n) is 12.5. The van der Waals surface area contributed by atoms with Crippen molar-refractivity contribution < 1.29 is 9.90 Å². The van der Waals surface area contributed by atoms with Gasteiger partial charge in [-0.15, -0.1) is 0 Å². The molecule has 0 bridgehead atoms. The average molecular weight is 278 g/mol. The number of rotatable bonds is 7. The fourth-order valence-electron chi connectivity index (χ4n) is 2.21. The number of hydrogen-bond donors (Lipinski definition) is 3. The topological polar surface area (TPSA) is 75.3 Å². The van der Waals surface area contributed by atoms with Crippen molar-refractivity contribution in [3.8, 4) is 0 Å². The van der Waals surface area contributed by atoms with Gasteiger partial charge in [-0.2, -0.15) is 0 Å². The van der Waals surface area contributed by atoms with Crippen LogP contribution in [0.4, 0.5) is 0 Å². The summed E-state index contributed by atoms with van der Waals surface area (Å²) in [6.45, 7) is 5.90. The van der Waals surface area contributed by atoms with E-state index in [1.54, 1.807) is 0 Å². The van der Waals surface area contributed by atoms with Crippen molar-refractivity contribution in [1.82, 2.24) is 5.32 Å². The Hall–Kier alpha value is -1.39. The smallest absolute Gasteiger partial charge is 0.225 e. The summed E-state index contributed by atoms with van der Waals surface area (Å²) in [6, 6.07) is 9.05. The van der Waals surface area contributed by atoms with Gasteiger partial charge in [0.05, 0.1) is 18.6 Å². The van der Waals surface area contributed by atoms with Gasteiger partial charge in [0.15, 0.2) is 0 Å². The molecule has 0 saturated heterocycles. The van der Waals surface area contributed by atoms with Gasteiger partial charge >= 0.3 is 0 Å². The molecule has 4 N–H and O–H groups in total. The SMILES string of the molecule is CC(C)CC(CO)NC(=O)C(C)C(N)c1ccccc1. The van der Waals surface area contributed by atoms with Crippen LogP contribution in [-0.2, 0) is 4.79 Å². The molecule has 0 aliphatic carbocycles. The molecule has 20 heavy (non-hydrogen) atoms. The maximum absolute atomic E-state index is 12.2. The molecule has 3 atom stereocenters. The summed E-state index contributed by atoms with van der Waals surface area (Å²) in [6.07, 6.45) is 0.759. The molecule has 1 amide bonds. The standard InChI is InChI=1S/C16H26N2O2/c1-11(2)9-14(10-19)18-16(20)12(3)15(17)13-7-5-4-6-8-13/h4-8,11-12,14-15,19H,9-10,17H2,1-3H3,(H,18,20). The summed E-state index contributed by atoms with van der Waals surface area (Å²) < 4.78 is 0. The first-order chi connectivity index (χ1) is 9.45. The lowest BCUT2D eigenvalue weighted by Gasteiger charge is -2.24. The molecule has 0 fully saturated rings. The normalized spacial score (nSPS) is 15.7. The zero-order valence-corrected chi connectivity index (χ0v) is 12.5. The van der Waals surface area contributed by atoms with Gasteiger partial charge in [0.25, 0.3) is 0 Å². The molecule has 0 aliphatic rings. The van der Waals surface area contributed by atoms with E-state index in [9.17, 15) is 9.90 Å². The highest BCUT2D eigenvalue weighted by Crippen LogP contribution is 2.19. The van der Waals surface area contributed by atoms with Crippen molar-refractivity contribution in [3.05, 3.63) is 35.9 Å². The van der Waals surface area contributed by atoms with Crippen LogP contribution in [0.5, 0.6) is 0 Å². The Labute approximate surface area is 121 Å². The number of carbonyl (C=O) groups is 1. The molecular formula is C16H26N2O2. The van der Waals surface area contributed by atoms with Crippen LogP contribution in [0.25, 0.3) is 0 Å². The third kappa shape index (κ3) is 4.94. The van der Waals surface area contributed by atoms with Crippen molar-refractivity contribution in [2.75, 3.05) is 6.61 Å². The lowest BCUT2D eigenvalue weighted by atomic mass is 9.94. The van der Waals surface area contributed by atoms with Crippen LogP contribution in [0.3, 0.4) is 0 Å². The highest BCUT2D eigenvalue weighted by Gasteiger charge is 2.24. The highest BCUT2D eigenvalue weighted by atomic mass is 16.3. The van der Waals surface area contributed by atoms with Crippen LogP contribution in [0.2, 0.25) is 0 Å². The fraction of sp³-hybridized carbons (Fsp3) is 0.562. The molecule has 0 radical (unpaired) electrons. The number of benzene rings is 1. The molecule has 0 spiro atoms. The molecule has 112 valence electrons. The molecule has 1 rings (SSSR count). The highest BCUT2D eigenvalue weighted by molar-refractivity contribution is 5.79. The second-order valence-corrected chi connectivity index (χ2v) is 5.74. The number of nitrogens with one attached hydrogen (secondary N) is 1. The second kappa shape index (κ2) is 8.02. The van der Waals surface area contributed by atoms with Crippen molar-refractivity contribution in [2.24, 2.45) is 17.6 Å². The molecular weight excluding hydrogens is 252 g/mol. The van der Waals surface area contributed by atoms with Gasteiger partial charge in [0.1, 0.15) is 0 Å². The van der Waals surface area contributed by atoms with Crippen molar-refractivity contribution in [2.45, 2.75) is 39.3 Å². The van der Waals surface area contributed by atoms with E-state index < -0.39 is 0 Å². The number of aliphatic hydroxyl groups excluding tert-OH is 1. The van der Waals surface area contributed by atoms with Gasteiger partial charge < -0.3 is 16.2 Å². The Morgan fingerprint density at radius 3 is 2.35 bits per heavy atom. The third-order valence-corrected chi connectivity index (χ3v) is 3.46. The molecule has 3 unspecified atom stereocenters. The van der Waals surface area contributed by atoms with Gasteiger partial charge in [-0.3, -0.25) is 4.79 Å². The molecule has 4 heteroatoms. The van der Waals surface area contributed by atoms with Crippen molar-refractivity contribution in [3.63, 3.8) is 0 Å². The first-order valence-electron chi connectivity index (χ1n) is 7.17. The third-order valence-electron chi connectivity index (χ3n) is 3.46. The average Bonchev–Trinajstić information content (AvgIpc) is 2.45. The molecule has 0 saturated carbocycles. The van der Waals surface area contributed by atoms with Crippen LogP contribution in [0.15, 0.2) is 30.3 Å². The number of amides is 1. The molecule has 0 aromatic heterocycles. The Morgan fingerprint density at radius 1 is 1.25 bits per heavy atom. The van der Waals surface area contributed by atoms with Crippen LogP contribution in [0, 0.1) is 11.8 Å². The van der Waals surface area contributed by atoms with E-state index in [2.05, 4.69) is 19.2 Å². The number of hydrogen-bond acceptors (Lipinski definition) is 3. The number of nitrogens with two attached hydrogens (primary N) is 1. The predicted molar refractivity (Wildman–Crippen MR) is 81.0 cm³/mol. The monoisotopic (exact) mass is 278 g/mol. The van der Waals surface area contributed by atoms with E-state index in [4.69, 9.17) is 5.73 Å². The van der Waals surface area contributed by atoms with Gasteiger partial charge in [-0.25, -0.2) is 0 Å². The zero-order chi connectivity index (χ0) is 15.1. The van der Waals surface area contributed by atoms with E-state index >= 15 is 0 Å². The van der Waals surface area contributed by atoms with E-state index in [1.165, 1.54) is 0 Å². The van der Waals surface area contributed by atoms with Crippen molar-refractivity contribution in [1.29, 1.82) is 0 Å². The number of aliphatic hydroxyl groups is 1. The Bertz CT molecular complexity index is 406. The minimum atomic E-state index is -0.338. The molecule has 1 aromatic rings. The molecule has 0 aliphatic heterocycles. The number of carbonyl (C=O) groups excluding carboxylic acids is 1. The minimum absolute atomic E-state index is 0.0444. The summed E-state index contributed by atoms with van der Waals surface area (Å²) >= 11 is 0. The van der Waals surface area contributed by atoms with Crippen LogP contribution in [-0.4, -0.2) is 23.7 Å². The second-order valence-electron chi connectivity index (χ2n) is 5.74. The Morgan fingerprint density at radius 2 is 1.85 bits per heavy atom. The lowest BCUT2D eigenvalue weighted by Crippen LogP contribution is -2.43. The molecule has 4 nitrogen and oxygen atoms in total. The summed E-state index contributed by atoms with van der Waals surface area (Å²) in [7, 11) is 0. The van der Waals surface area contributed by atoms with Gasteiger partial charge in [-0.1, -0.05) is 51.1 Å².